The molecule has 1 saturated carbocycles. The molecule has 0 aromatic carbocycles. The first-order valence-corrected chi connectivity index (χ1v) is 8.52. The Morgan fingerprint density at radius 2 is 2.23 bits per heavy atom. The molecule has 22 heavy (non-hydrogen) atoms. The van der Waals surface area contributed by atoms with Gasteiger partial charge in [-0.15, -0.1) is 0 Å². The third-order valence-corrected chi connectivity index (χ3v) is 4.77. The van der Waals surface area contributed by atoms with Crippen molar-refractivity contribution in [1.29, 1.82) is 0 Å². The van der Waals surface area contributed by atoms with E-state index in [1.54, 1.807) is 0 Å². The minimum Gasteiger partial charge on any atom is -0.360 e. The molecule has 122 valence electrons. The Balaban J connectivity index is 1.52. The monoisotopic (exact) mass is 305 g/mol. The number of aromatic nitrogens is 1. The highest BCUT2D eigenvalue weighted by Gasteiger charge is 2.32. The molecule has 1 aromatic heterocycles. The first-order chi connectivity index (χ1) is 10.5. The zero-order chi connectivity index (χ0) is 15.7. The Labute approximate surface area is 132 Å². The van der Waals surface area contributed by atoms with Gasteiger partial charge in [-0.05, 0) is 37.6 Å². The zero-order valence-corrected chi connectivity index (χ0v) is 13.8. The van der Waals surface area contributed by atoms with Gasteiger partial charge < -0.3 is 14.7 Å². The second-order valence-corrected chi connectivity index (χ2v) is 7.39. The van der Waals surface area contributed by atoms with Crippen molar-refractivity contribution in [3.8, 4) is 0 Å². The van der Waals surface area contributed by atoms with E-state index < -0.39 is 0 Å². The molecule has 1 N–H and O–H groups in total. The van der Waals surface area contributed by atoms with Crippen molar-refractivity contribution in [3.05, 3.63) is 17.5 Å². The second kappa shape index (κ2) is 6.41. The Bertz CT molecular complexity index is 522. The first-order valence-electron chi connectivity index (χ1n) is 8.52. The topological polar surface area (TPSA) is 58.4 Å². The van der Waals surface area contributed by atoms with Crippen LogP contribution in [0.3, 0.4) is 0 Å². The molecule has 0 spiro atoms. The summed E-state index contributed by atoms with van der Waals surface area (Å²) < 4.78 is 5.27. The van der Waals surface area contributed by atoms with E-state index in [4.69, 9.17) is 4.52 Å². The normalized spacial score (nSPS) is 25.8. The average Bonchev–Trinajstić information content (AvgIpc) is 3.09. The van der Waals surface area contributed by atoms with Gasteiger partial charge in [-0.2, -0.15) is 0 Å². The lowest BCUT2D eigenvalue weighted by Gasteiger charge is -2.17. The molecule has 0 radical (unpaired) electrons. The molecular formula is C17H27N3O2. The minimum absolute atomic E-state index is 0.0989. The minimum atomic E-state index is -0.0989. The molecule has 1 saturated heterocycles. The number of likely N-dealkylation sites (tertiary alicyclic amines) is 1. The molecule has 0 bridgehead atoms. The highest BCUT2D eigenvalue weighted by atomic mass is 16.5. The van der Waals surface area contributed by atoms with E-state index >= 15 is 0 Å². The predicted molar refractivity (Wildman–Crippen MR) is 84.8 cm³/mol. The van der Waals surface area contributed by atoms with Crippen LogP contribution in [0.5, 0.6) is 0 Å². The van der Waals surface area contributed by atoms with Crippen LogP contribution in [-0.2, 0) is 0 Å². The maximum Gasteiger partial charge on any atom is 0.273 e. The highest BCUT2D eigenvalue weighted by Crippen LogP contribution is 2.40. The predicted octanol–water partition coefficient (Wildman–Crippen LogP) is 2.65. The van der Waals surface area contributed by atoms with Crippen LogP contribution >= 0.6 is 0 Å². The number of rotatable bonds is 6. The van der Waals surface area contributed by atoms with Crippen molar-refractivity contribution in [2.45, 2.75) is 52.0 Å². The molecule has 2 atom stereocenters. The van der Waals surface area contributed by atoms with Crippen molar-refractivity contribution < 1.29 is 9.32 Å². The van der Waals surface area contributed by atoms with Crippen LogP contribution in [0, 0.1) is 11.8 Å². The third kappa shape index (κ3) is 3.69. The number of hydrogen-bond acceptors (Lipinski definition) is 4. The summed E-state index contributed by atoms with van der Waals surface area (Å²) in [6.07, 6.45) is 3.52. The molecule has 1 aromatic rings. The first kappa shape index (κ1) is 15.5. The van der Waals surface area contributed by atoms with Gasteiger partial charge in [-0.3, -0.25) is 4.79 Å². The maximum atomic E-state index is 12.3. The van der Waals surface area contributed by atoms with E-state index in [0.717, 1.165) is 44.2 Å². The fraction of sp³-hybridized carbons (Fsp3) is 0.765. The summed E-state index contributed by atoms with van der Waals surface area (Å²) in [5.41, 5.74) is 0.426. The number of hydrogen-bond donors (Lipinski definition) is 1. The number of carbonyl (C=O) groups excluding carboxylic acids is 1. The Kier molecular flexibility index (Phi) is 4.52. The van der Waals surface area contributed by atoms with E-state index in [1.165, 1.54) is 6.42 Å². The van der Waals surface area contributed by atoms with Gasteiger partial charge in [0.15, 0.2) is 5.69 Å². The lowest BCUT2D eigenvalue weighted by molar-refractivity contribution is 0.0922. The quantitative estimate of drug-likeness (QED) is 0.878. The van der Waals surface area contributed by atoms with Gasteiger partial charge in [-0.1, -0.05) is 25.9 Å². The van der Waals surface area contributed by atoms with Crippen LogP contribution in [0.1, 0.15) is 62.2 Å². The summed E-state index contributed by atoms with van der Waals surface area (Å²) in [6, 6.07) is 2.02. The summed E-state index contributed by atoms with van der Waals surface area (Å²) in [4.78, 5) is 14.8. The SMILES string of the molecule is CC(C)CCN1CC(C)C(NC(=O)c2cc(C3CC3)on2)C1. The van der Waals surface area contributed by atoms with Crippen LogP contribution in [0.2, 0.25) is 0 Å². The third-order valence-electron chi connectivity index (χ3n) is 4.77. The Morgan fingerprint density at radius 1 is 1.45 bits per heavy atom. The molecule has 5 heteroatoms. The van der Waals surface area contributed by atoms with Crippen LogP contribution in [0.4, 0.5) is 0 Å². The fourth-order valence-corrected chi connectivity index (χ4v) is 3.08. The van der Waals surface area contributed by atoms with Gasteiger partial charge in [0.05, 0.1) is 0 Å². The summed E-state index contributed by atoms with van der Waals surface area (Å²) in [7, 11) is 0. The molecule has 3 rings (SSSR count). The van der Waals surface area contributed by atoms with Gasteiger partial charge in [0.2, 0.25) is 0 Å². The van der Waals surface area contributed by atoms with Crippen molar-refractivity contribution in [1.82, 2.24) is 15.4 Å². The number of carbonyl (C=O) groups is 1. The van der Waals surface area contributed by atoms with Crippen molar-refractivity contribution in [3.63, 3.8) is 0 Å². The molecule has 2 aliphatic rings. The molecule has 1 amide bonds. The van der Waals surface area contributed by atoms with Crippen LogP contribution in [-0.4, -0.2) is 41.6 Å². The van der Waals surface area contributed by atoms with Gasteiger partial charge in [-0.25, -0.2) is 0 Å². The standard InChI is InChI=1S/C17H27N3O2/c1-11(2)6-7-20-9-12(3)15(10-20)18-17(21)14-8-16(22-19-14)13-4-5-13/h8,11-13,15H,4-7,9-10H2,1-3H3,(H,18,21). The largest absolute Gasteiger partial charge is 0.360 e. The lowest BCUT2D eigenvalue weighted by atomic mass is 10.1. The maximum absolute atomic E-state index is 12.3. The molecular weight excluding hydrogens is 278 g/mol. The van der Waals surface area contributed by atoms with Crippen molar-refractivity contribution in [2.24, 2.45) is 11.8 Å². The van der Waals surface area contributed by atoms with E-state index in [2.05, 4.69) is 36.1 Å². The lowest BCUT2D eigenvalue weighted by Crippen LogP contribution is -2.40. The van der Waals surface area contributed by atoms with Crippen molar-refractivity contribution >= 4 is 5.91 Å². The van der Waals surface area contributed by atoms with Gasteiger partial charge >= 0.3 is 0 Å². The smallest absolute Gasteiger partial charge is 0.273 e. The molecule has 1 aliphatic carbocycles. The van der Waals surface area contributed by atoms with E-state index in [0.29, 0.717) is 17.5 Å². The van der Waals surface area contributed by atoms with Gasteiger partial charge in [0, 0.05) is 31.1 Å². The fourth-order valence-electron chi connectivity index (χ4n) is 3.08. The summed E-state index contributed by atoms with van der Waals surface area (Å²) in [6.45, 7) is 9.82. The van der Waals surface area contributed by atoms with Crippen LogP contribution < -0.4 is 5.32 Å². The number of nitrogens with zero attached hydrogens (tertiary/aromatic N) is 2. The zero-order valence-electron chi connectivity index (χ0n) is 13.8. The molecule has 2 heterocycles. The van der Waals surface area contributed by atoms with Crippen molar-refractivity contribution in [2.75, 3.05) is 19.6 Å². The molecule has 2 fully saturated rings. The van der Waals surface area contributed by atoms with E-state index in [9.17, 15) is 4.79 Å². The molecule has 5 nitrogen and oxygen atoms in total. The summed E-state index contributed by atoms with van der Waals surface area (Å²) >= 11 is 0. The average molecular weight is 305 g/mol. The molecule has 1 aliphatic heterocycles. The summed E-state index contributed by atoms with van der Waals surface area (Å²) in [5.74, 6) is 2.46. The number of nitrogens with one attached hydrogen (secondary N) is 1. The van der Waals surface area contributed by atoms with Gasteiger partial charge in [0.25, 0.3) is 5.91 Å². The van der Waals surface area contributed by atoms with Crippen LogP contribution in [0.15, 0.2) is 10.6 Å². The van der Waals surface area contributed by atoms with Gasteiger partial charge in [0.1, 0.15) is 5.76 Å². The Morgan fingerprint density at radius 3 is 2.91 bits per heavy atom. The van der Waals surface area contributed by atoms with Crippen LogP contribution in [0.25, 0.3) is 0 Å². The highest BCUT2D eigenvalue weighted by molar-refractivity contribution is 5.92. The van der Waals surface area contributed by atoms with E-state index in [-0.39, 0.29) is 11.9 Å². The number of amides is 1. The van der Waals surface area contributed by atoms with E-state index in [1.807, 2.05) is 6.07 Å². The summed E-state index contributed by atoms with van der Waals surface area (Å²) in [5, 5.41) is 7.05. The Hall–Kier alpha value is -1.36. The second-order valence-electron chi connectivity index (χ2n) is 7.39. The molecule has 2 unspecified atom stereocenters.